The van der Waals surface area contributed by atoms with Crippen molar-refractivity contribution in [3.63, 3.8) is 0 Å². The van der Waals surface area contributed by atoms with E-state index in [0.29, 0.717) is 12.5 Å². The first-order valence-electron chi connectivity index (χ1n) is 13.1. The molecule has 1 aromatic rings. The number of ketones is 1. The van der Waals surface area contributed by atoms with Gasteiger partial charge in [0.2, 0.25) is 0 Å². The minimum atomic E-state index is 0.175. The second kappa shape index (κ2) is 16.8. The molecule has 206 valence electrons. The molecule has 39 heavy (non-hydrogen) atoms. The second-order valence-electron chi connectivity index (χ2n) is 9.40. The molecule has 0 saturated carbocycles. The number of Topliss-reactive ketones (excluding diaryl/α,β-unsaturated/α-hetero) is 1. The van der Waals surface area contributed by atoms with Gasteiger partial charge in [-0.3, -0.25) is 14.8 Å². The van der Waals surface area contributed by atoms with Gasteiger partial charge >= 0.3 is 0 Å². The average molecular weight is 527 g/mol. The predicted molar refractivity (Wildman–Crippen MR) is 163 cm³/mol. The molecule has 1 aromatic carbocycles. The number of fused-ring (bicyclic) bond motifs is 3. The third kappa shape index (κ3) is 7.34. The first kappa shape index (κ1) is 33.1. The number of aliphatic imine (C=N–C) groups is 2. The van der Waals surface area contributed by atoms with Crippen molar-refractivity contribution in [3.05, 3.63) is 94.8 Å². The Morgan fingerprint density at radius 2 is 1.87 bits per heavy atom. The van der Waals surface area contributed by atoms with Crippen LogP contribution in [0.2, 0.25) is 0 Å². The number of hydrogen-bond donors (Lipinski definition) is 1. The maximum Gasteiger partial charge on any atom is 0.189 e. The summed E-state index contributed by atoms with van der Waals surface area (Å²) >= 11 is 0. The molecule has 0 radical (unpaired) electrons. The van der Waals surface area contributed by atoms with Crippen LogP contribution in [0.3, 0.4) is 0 Å². The Kier molecular flexibility index (Phi) is 14.3. The van der Waals surface area contributed by atoms with Crippen LogP contribution in [0.15, 0.2) is 88.1 Å². The summed E-state index contributed by atoms with van der Waals surface area (Å²) in [6, 6.07) is 8.40. The largest absolute Gasteiger partial charge is 0.323 e. The SMILES string of the molecule is C=C.C=N/C=C\C=NCc1cccc2c1CC1CC3CC(C#N)=C(C)C(=C)C3C(CC)=C1C2=O.C=O.CNC. The zero-order valence-corrected chi connectivity index (χ0v) is 23.9. The number of nitriles is 1. The molecule has 6 heteroatoms. The van der Waals surface area contributed by atoms with Crippen LogP contribution >= 0.6 is 0 Å². The summed E-state index contributed by atoms with van der Waals surface area (Å²) < 4.78 is 0. The quantitative estimate of drug-likeness (QED) is 0.354. The highest BCUT2D eigenvalue weighted by Crippen LogP contribution is 2.53. The molecule has 0 heterocycles. The first-order chi connectivity index (χ1) is 18.9. The first-order valence-corrected chi connectivity index (χ1v) is 13.1. The van der Waals surface area contributed by atoms with E-state index in [1.807, 2.05) is 39.9 Å². The van der Waals surface area contributed by atoms with E-state index in [4.69, 9.17) is 4.79 Å². The molecule has 0 amide bonds. The van der Waals surface area contributed by atoms with Crippen molar-refractivity contribution < 1.29 is 9.59 Å². The number of nitrogens with zero attached hydrogens (tertiary/aromatic N) is 3. The van der Waals surface area contributed by atoms with Gasteiger partial charge in [-0.05, 0) is 93.6 Å². The van der Waals surface area contributed by atoms with Gasteiger partial charge in [-0.1, -0.05) is 37.3 Å². The molecular formula is C33H42N4O2. The highest BCUT2D eigenvalue weighted by Gasteiger charge is 2.45. The van der Waals surface area contributed by atoms with Crippen LogP contribution in [0.4, 0.5) is 0 Å². The molecular weight excluding hydrogens is 484 g/mol. The summed E-state index contributed by atoms with van der Waals surface area (Å²) in [6.07, 6.45) is 8.48. The van der Waals surface area contributed by atoms with E-state index in [2.05, 4.69) is 60.8 Å². The van der Waals surface area contributed by atoms with Crippen molar-refractivity contribution in [2.75, 3.05) is 14.1 Å². The molecule has 3 atom stereocenters. The van der Waals surface area contributed by atoms with Gasteiger partial charge in [-0.15, -0.1) is 13.2 Å². The number of allylic oxidation sites excluding steroid dienone is 6. The van der Waals surface area contributed by atoms with Crippen molar-refractivity contribution in [2.45, 2.75) is 46.1 Å². The molecule has 0 bridgehead atoms. The molecule has 0 fully saturated rings. The summed E-state index contributed by atoms with van der Waals surface area (Å²) in [6.45, 7) is 20.5. The van der Waals surface area contributed by atoms with E-state index >= 15 is 0 Å². The minimum Gasteiger partial charge on any atom is -0.323 e. The lowest BCUT2D eigenvalue weighted by Gasteiger charge is -2.45. The summed E-state index contributed by atoms with van der Waals surface area (Å²) in [5.74, 6) is 0.911. The van der Waals surface area contributed by atoms with E-state index in [1.54, 1.807) is 18.5 Å². The number of carbonyl (C=O) groups is 2. The van der Waals surface area contributed by atoms with Gasteiger partial charge in [0.15, 0.2) is 5.78 Å². The molecule has 6 nitrogen and oxygen atoms in total. The summed E-state index contributed by atoms with van der Waals surface area (Å²) in [7, 11) is 3.75. The molecule has 3 unspecified atom stereocenters. The van der Waals surface area contributed by atoms with Crippen molar-refractivity contribution >= 4 is 25.5 Å². The van der Waals surface area contributed by atoms with Gasteiger partial charge in [-0.25, -0.2) is 0 Å². The molecule has 1 N–H and O–H groups in total. The number of carbonyl (C=O) groups excluding carboxylic acids is 2. The number of nitrogens with one attached hydrogen (secondary N) is 1. The van der Waals surface area contributed by atoms with E-state index in [0.717, 1.165) is 64.7 Å². The summed E-state index contributed by atoms with van der Waals surface area (Å²) in [5, 5.41) is 12.4. The smallest absolute Gasteiger partial charge is 0.189 e. The maximum atomic E-state index is 13.8. The summed E-state index contributed by atoms with van der Waals surface area (Å²) in [5.41, 5.74) is 8.22. The fourth-order valence-corrected chi connectivity index (χ4v) is 5.87. The minimum absolute atomic E-state index is 0.175. The fraction of sp³-hybridized carbons (Fsp3) is 0.364. The Bertz CT molecular complexity index is 1210. The van der Waals surface area contributed by atoms with E-state index in [1.165, 1.54) is 5.57 Å². The lowest BCUT2D eigenvalue weighted by Crippen LogP contribution is -2.38. The Hall–Kier alpha value is -3.95. The molecule has 0 aromatic heterocycles. The van der Waals surface area contributed by atoms with Crippen molar-refractivity contribution in [1.82, 2.24) is 5.32 Å². The van der Waals surface area contributed by atoms with Crippen molar-refractivity contribution in [2.24, 2.45) is 27.7 Å². The highest BCUT2D eigenvalue weighted by molar-refractivity contribution is 6.12. The van der Waals surface area contributed by atoms with Gasteiger partial charge < -0.3 is 10.1 Å². The highest BCUT2D eigenvalue weighted by atomic mass is 16.1. The fourth-order valence-electron chi connectivity index (χ4n) is 5.87. The van der Waals surface area contributed by atoms with Crippen LogP contribution in [-0.4, -0.2) is 39.6 Å². The zero-order valence-electron chi connectivity index (χ0n) is 23.9. The zero-order chi connectivity index (χ0) is 29.5. The Labute approximate surface area is 234 Å². The molecule has 3 aliphatic rings. The average Bonchev–Trinajstić information content (AvgIpc) is 2.96. The summed E-state index contributed by atoms with van der Waals surface area (Å²) in [4.78, 5) is 29.9. The third-order valence-corrected chi connectivity index (χ3v) is 7.34. The van der Waals surface area contributed by atoms with E-state index in [-0.39, 0.29) is 17.6 Å². The number of benzene rings is 1. The molecule has 4 rings (SSSR count). The predicted octanol–water partition coefficient (Wildman–Crippen LogP) is 6.42. The lowest BCUT2D eigenvalue weighted by atomic mass is 9.58. The van der Waals surface area contributed by atoms with E-state index in [9.17, 15) is 10.1 Å². The molecule has 0 saturated heterocycles. The van der Waals surface area contributed by atoms with Gasteiger partial charge in [0.1, 0.15) is 6.79 Å². The Balaban J connectivity index is 0.000000996. The molecule has 0 spiro atoms. The lowest BCUT2D eigenvalue weighted by molar-refractivity contribution is -0.0980. The Morgan fingerprint density at radius 3 is 2.46 bits per heavy atom. The van der Waals surface area contributed by atoms with Crippen molar-refractivity contribution in [1.29, 1.82) is 5.26 Å². The van der Waals surface area contributed by atoms with Gasteiger partial charge in [-0.2, -0.15) is 5.26 Å². The molecule has 0 aliphatic heterocycles. The van der Waals surface area contributed by atoms with Crippen LogP contribution in [0, 0.1) is 29.1 Å². The second-order valence-corrected chi connectivity index (χ2v) is 9.40. The van der Waals surface area contributed by atoms with Crippen LogP contribution in [0.5, 0.6) is 0 Å². The number of rotatable bonds is 5. The maximum absolute atomic E-state index is 13.8. The normalized spacial score (nSPS) is 21.3. The van der Waals surface area contributed by atoms with Crippen LogP contribution in [0.1, 0.15) is 54.6 Å². The Morgan fingerprint density at radius 1 is 1.21 bits per heavy atom. The van der Waals surface area contributed by atoms with Gasteiger partial charge in [0.25, 0.3) is 0 Å². The third-order valence-electron chi connectivity index (χ3n) is 7.34. The van der Waals surface area contributed by atoms with Gasteiger partial charge in [0.05, 0.1) is 12.6 Å². The van der Waals surface area contributed by atoms with Crippen LogP contribution in [-0.2, 0) is 17.8 Å². The van der Waals surface area contributed by atoms with Crippen LogP contribution in [0.25, 0.3) is 0 Å². The van der Waals surface area contributed by atoms with Crippen molar-refractivity contribution in [3.8, 4) is 6.07 Å². The molecule has 3 aliphatic carbocycles. The van der Waals surface area contributed by atoms with E-state index < -0.39 is 0 Å². The standard InChI is InChI=1S/C28H29N3O.C2H7N.C2H4.CH2O/c1-5-23-26-18(3)17(2)22(15-29)13-20(26)12-21-14-25-19(16-31-11-7-10-30-4)8-6-9-24(25)28(32)27(21)23;1-3-2;2*1-2/h6-11,20-21,26H,3-5,12-14,16H2,1-2H3;3H,1-2H3;1-2H2;1H2/b10-7-,31-11?;;;. The van der Waals surface area contributed by atoms with Crippen LogP contribution < -0.4 is 5.32 Å². The number of hydrogen-bond acceptors (Lipinski definition) is 6. The van der Waals surface area contributed by atoms with Gasteiger partial charge in [0, 0.05) is 35.0 Å². The monoisotopic (exact) mass is 526 g/mol. The topological polar surface area (TPSA) is 94.7 Å².